The van der Waals surface area contributed by atoms with E-state index in [-0.39, 0.29) is 6.42 Å². The van der Waals surface area contributed by atoms with Gasteiger partial charge in [0.2, 0.25) is 0 Å². The number of nitrogens with zero attached hydrogens (tertiary/aromatic N) is 1. The maximum atomic E-state index is 13.1. The van der Waals surface area contributed by atoms with E-state index >= 15 is 0 Å². The molecular formula is C11H14F2N2O2. The Morgan fingerprint density at radius 1 is 1.41 bits per heavy atom. The zero-order chi connectivity index (χ0) is 13.2. The van der Waals surface area contributed by atoms with Crippen molar-refractivity contribution in [1.82, 2.24) is 0 Å². The summed E-state index contributed by atoms with van der Waals surface area (Å²) in [4.78, 5) is 12.2. The summed E-state index contributed by atoms with van der Waals surface area (Å²) in [7, 11) is 3.31. The Kier molecular flexibility index (Phi) is 4.01. The molecule has 0 aliphatic carbocycles. The third-order valence-corrected chi connectivity index (χ3v) is 2.36. The molecule has 3 N–H and O–H groups in total. The van der Waals surface area contributed by atoms with Crippen molar-refractivity contribution in [1.29, 1.82) is 0 Å². The van der Waals surface area contributed by atoms with Crippen LogP contribution in [-0.4, -0.2) is 31.2 Å². The number of aliphatic carboxylic acids is 1. The number of hydrogen-bond acceptors (Lipinski definition) is 3. The number of rotatable bonds is 4. The van der Waals surface area contributed by atoms with E-state index in [1.54, 1.807) is 19.0 Å². The van der Waals surface area contributed by atoms with Gasteiger partial charge < -0.3 is 15.7 Å². The molecule has 0 amide bonds. The lowest BCUT2D eigenvalue weighted by Crippen LogP contribution is -2.32. The molecule has 4 nitrogen and oxygen atoms in total. The molecular weight excluding hydrogens is 230 g/mol. The molecule has 0 heterocycles. The lowest BCUT2D eigenvalue weighted by atomic mass is 10.0. The predicted molar refractivity (Wildman–Crippen MR) is 60.0 cm³/mol. The highest BCUT2D eigenvalue weighted by molar-refractivity contribution is 5.74. The average molecular weight is 244 g/mol. The molecule has 0 spiro atoms. The van der Waals surface area contributed by atoms with E-state index in [1.807, 2.05) is 0 Å². The van der Waals surface area contributed by atoms with Crippen LogP contribution in [0, 0.1) is 11.6 Å². The number of hydrogen-bond donors (Lipinski definition) is 2. The van der Waals surface area contributed by atoms with Crippen molar-refractivity contribution in [2.24, 2.45) is 5.73 Å². The SMILES string of the molecule is CN(C)c1cc(F)c(F)cc1CC(N)C(=O)O. The molecule has 1 atom stereocenters. The van der Waals surface area contributed by atoms with Crippen molar-refractivity contribution in [2.75, 3.05) is 19.0 Å². The molecule has 0 saturated heterocycles. The van der Waals surface area contributed by atoms with Crippen LogP contribution in [0.15, 0.2) is 12.1 Å². The maximum absolute atomic E-state index is 13.1. The lowest BCUT2D eigenvalue weighted by molar-refractivity contribution is -0.138. The van der Waals surface area contributed by atoms with Crippen molar-refractivity contribution < 1.29 is 18.7 Å². The van der Waals surface area contributed by atoms with Crippen LogP contribution in [0.25, 0.3) is 0 Å². The van der Waals surface area contributed by atoms with Gasteiger partial charge in [-0.25, -0.2) is 8.78 Å². The lowest BCUT2D eigenvalue weighted by Gasteiger charge is -2.19. The van der Waals surface area contributed by atoms with E-state index in [0.717, 1.165) is 12.1 Å². The van der Waals surface area contributed by atoms with E-state index in [4.69, 9.17) is 10.8 Å². The third-order valence-electron chi connectivity index (χ3n) is 2.36. The maximum Gasteiger partial charge on any atom is 0.320 e. The van der Waals surface area contributed by atoms with Gasteiger partial charge >= 0.3 is 5.97 Å². The fourth-order valence-corrected chi connectivity index (χ4v) is 1.48. The number of benzene rings is 1. The van der Waals surface area contributed by atoms with E-state index in [9.17, 15) is 13.6 Å². The highest BCUT2D eigenvalue weighted by Gasteiger charge is 2.17. The van der Waals surface area contributed by atoms with Crippen LogP contribution in [0.3, 0.4) is 0 Å². The van der Waals surface area contributed by atoms with E-state index in [1.165, 1.54) is 0 Å². The van der Waals surface area contributed by atoms with Crippen LogP contribution >= 0.6 is 0 Å². The van der Waals surface area contributed by atoms with Gasteiger partial charge in [0.15, 0.2) is 11.6 Å². The van der Waals surface area contributed by atoms with Crippen molar-refractivity contribution in [3.63, 3.8) is 0 Å². The molecule has 6 heteroatoms. The van der Waals surface area contributed by atoms with Crippen LogP contribution in [0.1, 0.15) is 5.56 Å². The number of nitrogens with two attached hydrogens (primary N) is 1. The summed E-state index contributed by atoms with van der Waals surface area (Å²) >= 11 is 0. The molecule has 1 rings (SSSR count). The zero-order valence-electron chi connectivity index (χ0n) is 9.58. The fourth-order valence-electron chi connectivity index (χ4n) is 1.48. The van der Waals surface area contributed by atoms with E-state index in [0.29, 0.717) is 11.3 Å². The first kappa shape index (κ1) is 13.4. The minimum atomic E-state index is -1.18. The molecule has 1 aromatic rings. The molecule has 0 aliphatic heterocycles. The fraction of sp³-hybridized carbons (Fsp3) is 0.364. The number of carboxylic acid groups (broad SMARTS) is 1. The predicted octanol–water partition coefficient (Wildman–Crippen LogP) is 0.985. The molecule has 0 radical (unpaired) electrons. The van der Waals surface area contributed by atoms with Gasteiger partial charge in [-0.3, -0.25) is 4.79 Å². The molecule has 0 saturated carbocycles. The Labute approximate surface area is 97.6 Å². The quantitative estimate of drug-likeness (QED) is 0.828. The first-order valence-corrected chi connectivity index (χ1v) is 4.96. The highest BCUT2D eigenvalue weighted by Crippen LogP contribution is 2.23. The number of carboxylic acids is 1. The van der Waals surface area contributed by atoms with Crippen LogP contribution in [0.2, 0.25) is 0 Å². The van der Waals surface area contributed by atoms with Gasteiger partial charge in [0.05, 0.1) is 0 Å². The van der Waals surface area contributed by atoms with Gasteiger partial charge in [-0.1, -0.05) is 0 Å². The Balaban J connectivity index is 3.12. The number of anilines is 1. The van der Waals surface area contributed by atoms with Crippen LogP contribution in [0.5, 0.6) is 0 Å². The summed E-state index contributed by atoms with van der Waals surface area (Å²) in [5.74, 6) is -3.16. The van der Waals surface area contributed by atoms with Crippen LogP contribution in [0.4, 0.5) is 14.5 Å². The van der Waals surface area contributed by atoms with Crippen LogP contribution < -0.4 is 10.6 Å². The molecule has 1 aromatic carbocycles. The van der Waals surface area contributed by atoms with Crippen molar-refractivity contribution in [3.8, 4) is 0 Å². The Hall–Kier alpha value is -1.69. The largest absolute Gasteiger partial charge is 0.480 e. The summed E-state index contributed by atoms with van der Waals surface area (Å²) in [6, 6.07) is 0.866. The second-order valence-corrected chi connectivity index (χ2v) is 3.94. The molecule has 0 bridgehead atoms. The summed E-state index contributed by atoms with van der Waals surface area (Å²) in [6.45, 7) is 0. The van der Waals surface area contributed by atoms with E-state index in [2.05, 4.69) is 0 Å². The zero-order valence-corrected chi connectivity index (χ0v) is 9.58. The summed E-state index contributed by atoms with van der Waals surface area (Å²) in [5, 5.41) is 8.69. The summed E-state index contributed by atoms with van der Waals surface area (Å²) < 4.78 is 26.2. The minimum absolute atomic E-state index is 0.0555. The Bertz CT molecular complexity index is 436. The number of carbonyl (C=O) groups is 1. The monoisotopic (exact) mass is 244 g/mol. The molecule has 17 heavy (non-hydrogen) atoms. The molecule has 0 aromatic heterocycles. The van der Waals surface area contributed by atoms with Gasteiger partial charge in [-0.05, 0) is 11.6 Å². The van der Waals surface area contributed by atoms with Crippen molar-refractivity contribution >= 4 is 11.7 Å². The van der Waals surface area contributed by atoms with E-state index < -0.39 is 23.6 Å². The van der Waals surface area contributed by atoms with Crippen LogP contribution in [-0.2, 0) is 11.2 Å². The summed E-state index contributed by atoms with van der Waals surface area (Å²) in [5.41, 5.74) is 6.15. The highest BCUT2D eigenvalue weighted by atomic mass is 19.2. The van der Waals surface area contributed by atoms with Gasteiger partial charge in [-0.2, -0.15) is 0 Å². The Morgan fingerprint density at radius 2 is 1.94 bits per heavy atom. The molecule has 94 valence electrons. The standard InChI is InChI=1S/C11H14F2N2O2/c1-15(2)10-5-8(13)7(12)3-6(10)4-9(14)11(16)17/h3,5,9H,4,14H2,1-2H3,(H,16,17). The summed E-state index contributed by atoms with van der Waals surface area (Å²) in [6.07, 6.45) is -0.0555. The first-order valence-electron chi connectivity index (χ1n) is 4.96. The average Bonchev–Trinajstić information content (AvgIpc) is 2.22. The van der Waals surface area contributed by atoms with Gasteiger partial charge in [0, 0.05) is 32.3 Å². The molecule has 0 aliphatic rings. The molecule has 0 fully saturated rings. The molecule has 1 unspecified atom stereocenters. The minimum Gasteiger partial charge on any atom is -0.480 e. The topological polar surface area (TPSA) is 66.6 Å². The normalized spacial score (nSPS) is 12.3. The van der Waals surface area contributed by atoms with Gasteiger partial charge in [0.1, 0.15) is 6.04 Å². The van der Waals surface area contributed by atoms with Crippen molar-refractivity contribution in [2.45, 2.75) is 12.5 Å². The smallest absolute Gasteiger partial charge is 0.320 e. The van der Waals surface area contributed by atoms with Crippen molar-refractivity contribution in [3.05, 3.63) is 29.3 Å². The first-order chi connectivity index (χ1) is 7.82. The number of halogens is 2. The second-order valence-electron chi connectivity index (χ2n) is 3.94. The van der Waals surface area contributed by atoms with Gasteiger partial charge in [0.25, 0.3) is 0 Å². The Morgan fingerprint density at radius 3 is 2.41 bits per heavy atom. The third kappa shape index (κ3) is 3.13. The second kappa shape index (κ2) is 5.09. The van der Waals surface area contributed by atoms with Gasteiger partial charge in [-0.15, -0.1) is 0 Å².